The second-order valence-corrected chi connectivity index (χ2v) is 4.31. The lowest BCUT2D eigenvalue weighted by Gasteiger charge is -2.04. The fourth-order valence-corrected chi connectivity index (χ4v) is 1.30. The fraction of sp³-hybridized carbons (Fsp3) is 0.429. The average molecular weight is 216 g/mol. The van der Waals surface area contributed by atoms with E-state index in [-0.39, 0.29) is 0 Å². The second-order valence-electron chi connectivity index (χ2n) is 4.31. The van der Waals surface area contributed by atoms with E-state index < -0.39 is 0 Å². The molecule has 0 spiro atoms. The van der Waals surface area contributed by atoms with Crippen LogP contribution in [0.1, 0.15) is 31.9 Å². The van der Waals surface area contributed by atoms with Crippen molar-refractivity contribution in [2.45, 2.75) is 27.7 Å². The first-order chi connectivity index (χ1) is 7.63. The Bertz CT molecular complexity index is 372. The van der Waals surface area contributed by atoms with E-state index in [0.717, 1.165) is 17.9 Å². The molecule has 0 bridgehead atoms. The van der Waals surface area contributed by atoms with Crippen molar-refractivity contribution in [3.63, 3.8) is 0 Å². The molecule has 0 heterocycles. The van der Waals surface area contributed by atoms with Gasteiger partial charge in [-0.1, -0.05) is 43.7 Å². The summed E-state index contributed by atoms with van der Waals surface area (Å²) in [5, 5.41) is 0. The van der Waals surface area contributed by atoms with E-state index in [4.69, 9.17) is 0 Å². The van der Waals surface area contributed by atoms with Crippen LogP contribution in [0.25, 0.3) is 0 Å². The van der Waals surface area contributed by atoms with Gasteiger partial charge in [0.1, 0.15) is 0 Å². The van der Waals surface area contributed by atoms with E-state index >= 15 is 0 Å². The number of amidine groups is 1. The normalized spacial score (nSPS) is 12.7. The molecule has 0 aliphatic heterocycles. The van der Waals surface area contributed by atoms with Crippen molar-refractivity contribution < 1.29 is 0 Å². The van der Waals surface area contributed by atoms with E-state index in [1.54, 1.807) is 6.21 Å². The maximum Gasteiger partial charge on any atom is 0.154 e. The number of aliphatic imine (C=N–C) groups is 2. The summed E-state index contributed by atoms with van der Waals surface area (Å²) in [5.41, 5.74) is 2.34. The molecule has 1 aromatic carbocycles. The van der Waals surface area contributed by atoms with Gasteiger partial charge in [-0.15, -0.1) is 0 Å². The number of nitrogens with zero attached hydrogens (tertiary/aromatic N) is 2. The molecule has 0 aliphatic carbocycles. The van der Waals surface area contributed by atoms with Crippen molar-refractivity contribution in [1.82, 2.24) is 0 Å². The molecule has 0 amide bonds. The molecule has 0 fully saturated rings. The molecule has 2 heteroatoms. The molecule has 0 atom stereocenters. The van der Waals surface area contributed by atoms with Gasteiger partial charge in [0.05, 0.1) is 0 Å². The Hall–Kier alpha value is -1.44. The van der Waals surface area contributed by atoms with Crippen molar-refractivity contribution in [3.05, 3.63) is 35.4 Å². The van der Waals surface area contributed by atoms with Crippen LogP contribution in [-0.4, -0.2) is 18.6 Å². The summed E-state index contributed by atoms with van der Waals surface area (Å²) < 4.78 is 0. The van der Waals surface area contributed by atoms with Crippen LogP contribution >= 0.6 is 0 Å². The third kappa shape index (κ3) is 3.97. The molecule has 2 nitrogen and oxygen atoms in total. The Labute approximate surface area is 98.1 Å². The quantitative estimate of drug-likeness (QED) is 0.546. The Morgan fingerprint density at radius 2 is 1.88 bits per heavy atom. The molecule has 0 radical (unpaired) electrons. The number of aryl methyl sites for hydroxylation is 1. The molecule has 0 aliphatic rings. The predicted molar refractivity (Wildman–Crippen MR) is 71.6 cm³/mol. The largest absolute Gasteiger partial charge is 0.266 e. The van der Waals surface area contributed by atoms with Crippen molar-refractivity contribution in [1.29, 1.82) is 0 Å². The Morgan fingerprint density at radius 3 is 2.38 bits per heavy atom. The second kappa shape index (κ2) is 6.21. The molecule has 1 rings (SSSR count). The first-order valence-corrected chi connectivity index (χ1v) is 5.73. The third-order valence-corrected chi connectivity index (χ3v) is 2.17. The number of benzene rings is 1. The lowest BCUT2D eigenvalue weighted by Crippen LogP contribution is -2.02. The maximum atomic E-state index is 4.53. The highest BCUT2D eigenvalue weighted by molar-refractivity contribution is 6.02. The molecule has 16 heavy (non-hydrogen) atoms. The van der Waals surface area contributed by atoms with E-state index in [1.165, 1.54) is 5.56 Å². The lowest BCUT2D eigenvalue weighted by atomic mass is 10.1. The topological polar surface area (TPSA) is 24.7 Å². The van der Waals surface area contributed by atoms with Crippen molar-refractivity contribution >= 4 is 12.1 Å². The summed E-state index contributed by atoms with van der Waals surface area (Å²) in [6, 6.07) is 8.32. The minimum Gasteiger partial charge on any atom is -0.266 e. The highest BCUT2D eigenvalue weighted by atomic mass is 14.9. The van der Waals surface area contributed by atoms with Crippen LogP contribution in [0.3, 0.4) is 0 Å². The van der Waals surface area contributed by atoms with Gasteiger partial charge in [-0.05, 0) is 19.8 Å². The Kier molecular flexibility index (Phi) is 4.90. The zero-order valence-electron chi connectivity index (χ0n) is 10.6. The average Bonchev–Trinajstić information content (AvgIpc) is 2.25. The van der Waals surface area contributed by atoms with Crippen LogP contribution in [0.5, 0.6) is 0 Å². The van der Waals surface area contributed by atoms with Gasteiger partial charge in [0, 0.05) is 18.3 Å². The van der Waals surface area contributed by atoms with Gasteiger partial charge in [-0.25, -0.2) is 4.99 Å². The summed E-state index contributed by atoms with van der Waals surface area (Å²) in [5.74, 6) is 1.39. The molecule has 0 saturated heterocycles. The van der Waals surface area contributed by atoms with E-state index in [0.29, 0.717) is 5.92 Å². The van der Waals surface area contributed by atoms with Crippen molar-refractivity contribution in [2.75, 3.05) is 6.54 Å². The zero-order chi connectivity index (χ0) is 12.0. The molecule has 86 valence electrons. The minimum atomic E-state index is 0.563. The Balaban J connectivity index is 2.93. The van der Waals surface area contributed by atoms with E-state index in [1.807, 2.05) is 6.92 Å². The van der Waals surface area contributed by atoms with Crippen molar-refractivity contribution in [2.24, 2.45) is 15.9 Å². The standard InChI is InChI=1S/C14H20N2/c1-5-15-14(16-10-11(2)3)13-8-6-12(4)7-9-13/h5-9,11H,10H2,1-4H3. The number of hydrogen-bond acceptors (Lipinski definition) is 1. The number of rotatable bonds is 3. The molecular formula is C14H20N2. The number of hydrogen-bond donors (Lipinski definition) is 0. The van der Waals surface area contributed by atoms with Crippen LogP contribution in [0, 0.1) is 12.8 Å². The van der Waals surface area contributed by atoms with E-state index in [2.05, 4.69) is 55.0 Å². The maximum absolute atomic E-state index is 4.53. The highest BCUT2D eigenvalue weighted by Gasteiger charge is 2.01. The van der Waals surface area contributed by atoms with Gasteiger partial charge in [0.25, 0.3) is 0 Å². The predicted octanol–water partition coefficient (Wildman–Crippen LogP) is 3.49. The summed E-state index contributed by atoms with van der Waals surface area (Å²) >= 11 is 0. The molecule has 0 N–H and O–H groups in total. The van der Waals surface area contributed by atoms with Gasteiger partial charge in [-0.2, -0.15) is 0 Å². The first-order valence-electron chi connectivity index (χ1n) is 5.73. The van der Waals surface area contributed by atoms with Crippen LogP contribution in [0.4, 0.5) is 0 Å². The van der Waals surface area contributed by atoms with Crippen molar-refractivity contribution in [3.8, 4) is 0 Å². The molecule has 0 unspecified atom stereocenters. The van der Waals surface area contributed by atoms with Gasteiger partial charge in [-0.3, -0.25) is 4.99 Å². The van der Waals surface area contributed by atoms with E-state index in [9.17, 15) is 0 Å². The summed E-state index contributed by atoms with van der Waals surface area (Å²) in [6.45, 7) is 9.13. The minimum absolute atomic E-state index is 0.563. The summed E-state index contributed by atoms with van der Waals surface area (Å²) in [7, 11) is 0. The van der Waals surface area contributed by atoms with Gasteiger partial charge in [0.2, 0.25) is 0 Å². The van der Waals surface area contributed by atoms with Crippen LogP contribution in [0.2, 0.25) is 0 Å². The molecular weight excluding hydrogens is 196 g/mol. The molecule has 0 saturated carbocycles. The van der Waals surface area contributed by atoms with Gasteiger partial charge in [0.15, 0.2) is 5.84 Å². The van der Waals surface area contributed by atoms with Crippen LogP contribution in [0.15, 0.2) is 34.3 Å². The lowest BCUT2D eigenvalue weighted by molar-refractivity contribution is 0.665. The smallest absolute Gasteiger partial charge is 0.154 e. The highest BCUT2D eigenvalue weighted by Crippen LogP contribution is 2.06. The monoisotopic (exact) mass is 216 g/mol. The fourth-order valence-electron chi connectivity index (χ4n) is 1.30. The van der Waals surface area contributed by atoms with Gasteiger partial charge >= 0.3 is 0 Å². The molecule has 0 aromatic heterocycles. The summed E-state index contributed by atoms with van der Waals surface area (Å²) in [6.07, 6.45) is 1.79. The van der Waals surface area contributed by atoms with Crippen LogP contribution in [-0.2, 0) is 0 Å². The Morgan fingerprint density at radius 1 is 1.25 bits per heavy atom. The zero-order valence-corrected chi connectivity index (χ0v) is 10.6. The van der Waals surface area contributed by atoms with Crippen LogP contribution < -0.4 is 0 Å². The third-order valence-electron chi connectivity index (χ3n) is 2.17. The van der Waals surface area contributed by atoms with Gasteiger partial charge < -0.3 is 0 Å². The summed E-state index contributed by atoms with van der Waals surface area (Å²) in [4.78, 5) is 8.85. The SMILES string of the molecule is CC=NC(=NCC(C)C)c1ccc(C)cc1. The first kappa shape index (κ1) is 12.6. The molecule has 1 aromatic rings.